The summed E-state index contributed by atoms with van der Waals surface area (Å²) in [6, 6.07) is 5.16. The monoisotopic (exact) mass is 250 g/mol. The molecule has 0 aliphatic carbocycles. The lowest BCUT2D eigenvalue weighted by Gasteiger charge is -2.14. The van der Waals surface area contributed by atoms with Crippen molar-refractivity contribution in [2.45, 2.75) is 26.4 Å². The van der Waals surface area contributed by atoms with E-state index in [1.165, 1.54) is 6.07 Å². The Kier molecular flexibility index (Phi) is 3.32. The topological polar surface area (TPSA) is 49.4 Å². The number of imide groups is 1. The van der Waals surface area contributed by atoms with Gasteiger partial charge in [0.15, 0.2) is 0 Å². The molecule has 0 bridgehead atoms. The summed E-state index contributed by atoms with van der Waals surface area (Å²) in [5.74, 6) is -0.684. The lowest BCUT2D eigenvalue weighted by molar-refractivity contribution is -0.128. The van der Waals surface area contributed by atoms with Crippen molar-refractivity contribution in [3.8, 4) is 0 Å². The van der Waals surface area contributed by atoms with Crippen LogP contribution in [0.5, 0.6) is 0 Å². The molecule has 3 amide bonds. The number of halogens is 1. The van der Waals surface area contributed by atoms with E-state index < -0.39 is 17.9 Å². The fraction of sp³-hybridized carbons (Fsp3) is 0.385. The summed E-state index contributed by atoms with van der Waals surface area (Å²) in [7, 11) is 0. The highest BCUT2D eigenvalue weighted by Gasteiger charge is 2.39. The molecule has 1 heterocycles. The van der Waals surface area contributed by atoms with Gasteiger partial charge in [0.2, 0.25) is 0 Å². The van der Waals surface area contributed by atoms with Crippen LogP contribution >= 0.6 is 0 Å². The first-order valence-corrected chi connectivity index (χ1v) is 5.86. The van der Waals surface area contributed by atoms with Crippen molar-refractivity contribution < 1.29 is 14.0 Å². The summed E-state index contributed by atoms with van der Waals surface area (Å²) < 4.78 is 13.5. The van der Waals surface area contributed by atoms with Crippen LogP contribution in [0.25, 0.3) is 0 Å². The minimum Gasteiger partial charge on any atom is -0.326 e. The molecule has 0 radical (unpaired) electrons. The van der Waals surface area contributed by atoms with Crippen molar-refractivity contribution in [1.29, 1.82) is 0 Å². The van der Waals surface area contributed by atoms with E-state index in [1.807, 2.05) is 13.8 Å². The zero-order valence-corrected chi connectivity index (χ0v) is 10.3. The molecule has 1 fully saturated rings. The zero-order chi connectivity index (χ0) is 13.3. The Morgan fingerprint density at radius 2 is 2.00 bits per heavy atom. The number of hydrogen-bond donors (Lipinski definition) is 1. The van der Waals surface area contributed by atoms with Crippen LogP contribution < -0.4 is 5.32 Å². The van der Waals surface area contributed by atoms with Gasteiger partial charge in [0.1, 0.15) is 11.9 Å². The van der Waals surface area contributed by atoms with E-state index in [0.717, 1.165) is 4.90 Å². The Morgan fingerprint density at radius 1 is 1.33 bits per heavy atom. The van der Waals surface area contributed by atoms with Crippen LogP contribution in [0.4, 0.5) is 9.18 Å². The third kappa shape index (κ3) is 2.20. The van der Waals surface area contributed by atoms with E-state index in [9.17, 15) is 14.0 Å². The van der Waals surface area contributed by atoms with E-state index in [4.69, 9.17) is 0 Å². The fourth-order valence-electron chi connectivity index (χ4n) is 1.94. The number of hydrogen-bond acceptors (Lipinski definition) is 2. The van der Waals surface area contributed by atoms with Gasteiger partial charge < -0.3 is 5.32 Å². The summed E-state index contributed by atoms with van der Waals surface area (Å²) in [6.07, 6.45) is 0. The Morgan fingerprint density at radius 3 is 2.56 bits per heavy atom. The minimum absolute atomic E-state index is 0.0204. The molecular weight excluding hydrogens is 235 g/mol. The van der Waals surface area contributed by atoms with Gasteiger partial charge in [-0.3, -0.25) is 9.69 Å². The highest BCUT2D eigenvalue weighted by atomic mass is 19.1. The molecule has 96 valence electrons. The lowest BCUT2D eigenvalue weighted by atomic mass is 10.0. The molecule has 1 aromatic rings. The summed E-state index contributed by atoms with van der Waals surface area (Å²) in [5.41, 5.74) is 0.338. The van der Waals surface area contributed by atoms with Crippen LogP contribution in [0.15, 0.2) is 24.3 Å². The first kappa shape index (κ1) is 12.5. The van der Waals surface area contributed by atoms with Gasteiger partial charge in [0.05, 0.1) is 6.54 Å². The van der Waals surface area contributed by atoms with E-state index in [2.05, 4.69) is 5.32 Å². The van der Waals surface area contributed by atoms with Crippen LogP contribution in [-0.4, -0.2) is 22.9 Å². The fourth-order valence-corrected chi connectivity index (χ4v) is 1.94. The first-order chi connectivity index (χ1) is 8.50. The second-order valence-electron chi connectivity index (χ2n) is 4.69. The Bertz CT molecular complexity index is 488. The lowest BCUT2D eigenvalue weighted by Crippen LogP contribution is -2.34. The second-order valence-corrected chi connectivity index (χ2v) is 4.69. The average molecular weight is 250 g/mol. The Hall–Kier alpha value is -1.91. The van der Waals surface area contributed by atoms with Crippen molar-refractivity contribution in [1.82, 2.24) is 10.2 Å². The molecular formula is C13H15FN2O2. The van der Waals surface area contributed by atoms with Gasteiger partial charge in [0, 0.05) is 5.56 Å². The van der Waals surface area contributed by atoms with Crippen LogP contribution in [-0.2, 0) is 11.3 Å². The highest BCUT2D eigenvalue weighted by molar-refractivity contribution is 6.04. The van der Waals surface area contributed by atoms with Gasteiger partial charge in [-0.1, -0.05) is 32.0 Å². The molecule has 1 aliphatic heterocycles. The number of rotatable bonds is 3. The number of amides is 3. The molecule has 1 aliphatic rings. The third-order valence-electron chi connectivity index (χ3n) is 3.01. The van der Waals surface area contributed by atoms with E-state index in [1.54, 1.807) is 18.2 Å². The maximum Gasteiger partial charge on any atom is 0.325 e. The highest BCUT2D eigenvalue weighted by Crippen LogP contribution is 2.17. The van der Waals surface area contributed by atoms with Gasteiger partial charge >= 0.3 is 6.03 Å². The molecule has 1 saturated heterocycles. The maximum absolute atomic E-state index is 13.5. The normalized spacial score (nSPS) is 19.6. The molecule has 0 saturated carbocycles. The predicted molar refractivity (Wildman–Crippen MR) is 64.1 cm³/mol. The number of nitrogens with one attached hydrogen (secondary N) is 1. The van der Waals surface area contributed by atoms with Crippen molar-refractivity contribution in [2.24, 2.45) is 5.92 Å². The van der Waals surface area contributed by atoms with Crippen LogP contribution in [0.1, 0.15) is 19.4 Å². The smallest absolute Gasteiger partial charge is 0.325 e. The number of carbonyl (C=O) groups excluding carboxylic acids is 2. The molecule has 1 aromatic carbocycles. The largest absolute Gasteiger partial charge is 0.326 e. The SMILES string of the molecule is CC(C)C1NC(=O)N(Cc2ccccc2F)C1=O. The number of benzene rings is 1. The first-order valence-electron chi connectivity index (χ1n) is 5.86. The van der Waals surface area contributed by atoms with E-state index in [0.29, 0.717) is 5.56 Å². The standard InChI is InChI=1S/C13H15FN2O2/c1-8(2)11-12(17)16(13(18)15-11)7-9-5-3-4-6-10(9)14/h3-6,8,11H,7H2,1-2H3,(H,15,18). The van der Waals surface area contributed by atoms with Gasteiger partial charge in [-0.15, -0.1) is 0 Å². The molecule has 18 heavy (non-hydrogen) atoms. The molecule has 1 unspecified atom stereocenters. The van der Waals surface area contributed by atoms with E-state index in [-0.39, 0.29) is 18.4 Å². The van der Waals surface area contributed by atoms with Crippen LogP contribution in [0.2, 0.25) is 0 Å². The van der Waals surface area contributed by atoms with Crippen molar-refractivity contribution >= 4 is 11.9 Å². The third-order valence-corrected chi connectivity index (χ3v) is 3.01. The molecule has 0 spiro atoms. The number of urea groups is 1. The van der Waals surface area contributed by atoms with Gasteiger partial charge in [0.25, 0.3) is 5.91 Å². The summed E-state index contributed by atoms with van der Waals surface area (Å²) in [4.78, 5) is 24.7. The van der Waals surface area contributed by atoms with Crippen LogP contribution in [0.3, 0.4) is 0 Å². The van der Waals surface area contributed by atoms with Gasteiger partial charge in [-0.05, 0) is 12.0 Å². The molecule has 0 aromatic heterocycles. The predicted octanol–water partition coefficient (Wildman–Crippen LogP) is 1.90. The quantitative estimate of drug-likeness (QED) is 0.833. The Balaban J connectivity index is 2.18. The van der Waals surface area contributed by atoms with Crippen molar-refractivity contribution in [3.63, 3.8) is 0 Å². The summed E-state index contributed by atoms with van der Waals surface area (Å²) in [6.45, 7) is 3.69. The number of nitrogens with zero attached hydrogens (tertiary/aromatic N) is 1. The molecule has 5 heteroatoms. The van der Waals surface area contributed by atoms with E-state index >= 15 is 0 Å². The molecule has 2 rings (SSSR count). The zero-order valence-electron chi connectivity index (χ0n) is 10.3. The molecule has 4 nitrogen and oxygen atoms in total. The summed E-state index contributed by atoms with van der Waals surface area (Å²) >= 11 is 0. The van der Waals surface area contributed by atoms with Crippen molar-refractivity contribution in [3.05, 3.63) is 35.6 Å². The Labute approximate surface area is 105 Å². The van der Waals surface area contributed by atoms with Crippen LogP contribution in [0, 0.1) is 11.7 Å². The summed E-state index contributed by atoms with van der Waals surface area (Å²) in [5, 5.41) is 2.61. The maximum atomic E-state index is 13.5. The van der Waals surface area contributed by atoms with Gasteiger partial charge in [-0.25, -0.2) is 9.18 Å². The molecule has 1 N–H and O–H groups in total. The molecule has 1 atom stereocenters. The minimum atomic E-state index is -0.510. The second kappa shape index (κ2) is 4.76. The van der Waals surface area contributed by atoms with Gasteiger partial charge in [-0.2, -0.15) is 0 Å². The number of carbonyl (C=O) groups is 2. The average Bonchev–Trinajstić information content (AvgIpc) is 2.60. The van der Waals surface area contributed by atoms with Crippen molar-refractivity contribution in [2.75, 3.05) is 0 Å².